The summed E-state index contributed by atoms with van der Waals surface area (Å²) in [6.07, 6.45) is 0. The molecule has 0 aliphatic carbocycles. The Morgan fingerprint density at radius 2 is 2.10 bits per heavy atom. The predicted octanol–water partition coefficient (Wildman–Crippen LogP) is 2.24. The molecule has 8 heteroatoms. The molecule has 1 aromatic carbocycles. The molecule has 1 rings (SSSR count). The van der Waals surface area contributed by atoms with Gasteiger partial charge in [-0.25, -0.2) is 0 Å². The van der Waals surface area contributed by atoms with Crippen molar-refractivity contribution in [3.63, 3.8) is 0 Å². The van der Waals surface area contributed by atoms with Gasteiger partial charge in [-0.1, -0.05) is 15.9 Å². The van der Waals surface area contributed by atoms with Gasteiger partial charge in [-0.05, 0) is 12.1 Å². The van der Waals surface area contributed by atoms with Gasteiger partial charge in [-0.3, -0.25) is 14.9 Å². The van der Waals surface area contributed by atoms with Gasteiger partial charge in [0, 0.05) is 24.6 Å². The van der Waals surface area contributed by atoms with Crippen molar-refractivity contribution in [3.8, 4) is 6.07 Å². The summed E-state index contributed by atoms with van der Waals surface area (Å²) in [5.74, 6) is -1.45. The number of carbonyl (C=O) groups excluding carboxylic acids is 1. The molecule has 0 aromatic heterocycles. The van der Waals surface area contributed by atoms with Crippen molar-refractivity contribution >= 4 is 33.3 Å². The van der Waals surface area contributed by atoms with Gasteiger partial charge in [0.2, 0.25) is 0 Å². The third-order valence-electron chi connectivity index (χ3n) is 2.38. The molecule has 0 atom stereocenters. The molecule has 0 radical (unpaired) electrons. The highest BCUT2D eigenvalue weighted by molar-refractivity contribution is 9.10. The van der Waals surface area contributed by atoms with Crippen LogP contribution in [-0.4, -0.2) is 34.9 Å². The van der Waals surface area contributed by atoms with E-state index in [2.05, 4.69) is 15.9 Å². The largest absolute Gasteiger partial charge is 0.505 e. The molecule has 0 spiro atoms. The maximum Gasteiger partial charge on any atom is 0.281 e. The topological polar surface area (TPSA) is 107 Å². The number of nitrogens with zero attached hydrogens (tertiary/aromatic N) is 3. The maximum atomic E-state index is 11.7. The van der Waals surface area contributed by atoms with Crippen molar-refractivity contribution in [2.75, 3.05) is 14.1 Å². The number of carbonyl (C=O) groups is 1. The average molecular weight is 340 g/mol. The first-order valence-corrected chi connectivity index (χ1v) is 6.08. The molecule has 0 aliphatic heterocycles. The molecule has 1 N–H and O–H groups in total. The lowest BCUT2D eigenvalue weighted by Gasteiger charge is -2.10. The Bertz CT molecular complexity index is 647. The van der Waals surface area contributed by atoms with Gasteiger partial charge >= 0.3 is 0 Å². The van der Waals surface area contributed by atoms with Crippen molar-refractivity contribution in [2.45, 2.75) is 0 Å². The lowest BCUT2D eigenvalue weighted by atomic mass is 10.1. The minimum atomic E-state index is -0.734. The first kappa shape index (κ1) is 15.7. The standard InChI is InChI=1S/C12H10BrN3O4/c1-15(2)12(18)9(6-14)11(17)8-4-3-7(13)5-10(8)16(19)20/h3-5,17H,1-2H3/b11-9-. The van der Waals surface area contributed by atoms with Crippen LogP contribution in [0, 0.1) is 21.4 Å². The fourth-order valence-electron chi connectivity index (χ4n) is 1.42. The van der Waals surface area contributed by atoms with E-state index in [0.29, 0.717) is 4.47 Å². The van der Waals surface area contributed by atoms with E-state index in [-0.39, 0.29) is 5.56 Å². The number of halogens is 1. The van der Waals surface area contributed by atoms with E-state index in [0.717, 1.165) is 4.90 Å². The summed E-state index contributed by atoms with van der Waals surface area (Å²) in [6.45, 7) is 0. The third kappa shape index (κ3) is 3.13. The number of nitro groups is 1. The molecule has 0 saturated heterocycles. The highest BCUT2D eigenvalue weighted by Crippen LogP contribution is 2.29. The van der Waals surface area contributed by atoms with Gasteiger partial charge in [0.1, 0.15) is 6.07 Å². The summed E-state index contributed by atoms with van der Waals surface area (Å²) in [6, 6.07) is 5.48. The van der Waals surface area contributed by atoms with Gasteiger partial charge in [0.15, 0.2) is 11.3 Å². The average Bonchev–Trinajstić information content (AvgIpc) is 2.38. The zero-order valence-corrected chi connectivity index (χ0v) is 12.2. The minimum absolute atomic E-state index is 0.190. The Labute approximate surface area is 123 Å². The molecule has 0 unspecified atom stereocenters. The number of nitro benzene ring substituents is 1. The summed E-state index contributed by atoms with van der Waals surface area (Å²) in [4.78, 5) is 23.1. The van der Waals surface area contributed by atoms with Crippen LogP contribution in [0.2, 0.25) is 0 Å². The van der Waals surface area contributed by atoms with E-state index in [1.54, 1.807) is 6.07 Å². The third-order valence-corrected chi connectivity index (χ3v) is 2.87. The van der Waals surface area contributed by atoms with Gasteiger partial charge in [-0.2, -0.15) is 5.26 Å². The summed E-state index contributed by atoms with van der Waals surface area (Å²) in [7, 11) is 2.81. The van der Waals surface area contributed by atoms with Crippen LogP contribution in [0.1, 0.15) is 5.56 Å². The van der Waals surface area contributed by atoms with Gasteiger partial charge in [0.05, 0.1) is 10.5 Å². The number of rotatable bonds is 3. The molecular weight excluding hydrogens is 330 g/mol. The van der Waals surface area contributed by atoms with Crippen LogP contribution in [0.15, 0.2) is 28.2 Å². The van der Waals surface area contributed by atoms with Crippen molar-refractivity contribution in [2.24, 2.45) is 0 Å². The van der Waals surface area contributed by atoms with Crippen LogP contribution in [0.4, 0.5) is 5.69 Å². The smallest absolute Gasteiger partial charge is 0.281 e. The molecule has 1 aromatic rings. The summed E-state index contributed by atoms with van der Waals surface area (Å²) in [5.41, 5.74) is -1.15. The van der Waals surface area contributed by atoms with E-state index >= 15 is 0 Å². The molecule has 104 valence electrons. The number of amides is 1. The van der Waals surface area contributed by atoms with Crippen molar-refractivity contribution in [1.82, 2.24) is 4.90 Å². The van der Waals surface area contributed by atoms with E-state index in [1.807, 2.05) is 0 Å². The quantitative estimate of drug-likeness (QED) is 0.298. The number of aliphatic hydroxyl groups is 1. The van der Waals surface area contributed by atoms with Crippen LogP contribution in [-0.2, 0) is 4.79 Å². The van der Waals surface area contributed by atoms with Crippen LogP contribution in [0.5, 0.6) is 0 Å². The SMILES string of the molecule is CN(C)C(=O)/C(C#N)=C(\O)c1ccc(Br)cc1[N+](=O)[O-]. The van der Waals surface area contributed by atoms with Crippen LogP contribution in [0.3, 0.4) is 0 Å². The number of benzene rings is 1. The second-order valence-corrected chi connectivity index (χ2v) is 4.87. The second kappa shape index (κ2) is 6.16. The summed E-state index contributed by atoms with van der Waals surface area (Å²) >= 11 is 3.08. The molecule has 1 amide bonds. The molecule has 20 heavy (non-hydrogen) atoms. The van der Waals surface area contributed by atoms with Crippen molar-refractivity contribution < 1.29 is 14.8 Å². The normalized spacial score (nSPS) is 11.3. The lowest BCUT2D eigenvalue weighted by molar-refractivity contribution is -0.385. The van der Waals surface area contributed by atoms with Gasteiger partial charge in [0.25, 0.3) is 11.6 Å². The number of nitriles is 1. The molecule has 0 aliphatic rings. The monoisotopic (exact) mass is 339 g/mol. The van der Waals surface area contributed by atoms with E-state index in [4.69, 9.17) is 5.26 Å². The van der Waals surface area contributed by atoms with E-state index in [1.165, 1.54) is 32.3 Å². The Balaban J connectivity index is 3.54. The first-order chi connectivity index (χ1) is 9.29. The fourth-order valence-corrected chi connectivity index (χ4v) is 1.77. The number of hydrogen-bond donors (Lipinski definition) is 1. The Morgan fingerprint density at radius 1 is 1.50 bits per heavy atom. The zero-order valence-electron chi connectivity index (χ0n) is 10.6. The minimum Gasteiger partial charge on any atom is -0.505 e. The molecule has 7 nitrogen and oxygen atoms in total. The predicted molar refractivity (Wildman–Crippen MR) is 74.7 cm³/mol. The van der Waals surface area contributed by atoms with Crippen molar-refractivity contribution in [1.29, 1.82) is 5.26 Å². The second-order valence-electron chi connectivity index (χ2n) is 3.95. The Hall–Kier alpha value is -2.40. The summed E-state index contributed by atoms with van der Waals surface area (Å²) < 4.78 is 0.443. The Morgan fingerprint density at radius 3 is 2.55 bits per heavy atom. The molecule has 0 bridgehead atoms. The maximum absolute atomic E-state index is 11.7. The molecular formula is C12H10BrN3O4. The Kier molecular flexibility index (Phi) is 4.83. The summed E-state index contributed by atoms with van der Waals surface area (Å²) in [5, 5.41) is 29.9. The van der Waals surface area contributed by atoms with Crippen LogP contribution in [0.25, 0.3) is 5.76 Å². The van der Waals surface area contributed by atoms with Gasteiger partial charge in [-0.15, -0.1) is 0 Å². The van der Waals surface area contributed by atoms with Crippen LogP contribution < -0.4 is 0 Å². The van der Waals surface area contributed by atoms with Crippen molar-refractivity contribution in [3.05, 3.63) is 43.9 Å². The number of likely N-dealkylation sites (N-methyl/N-ethyl adjacent to an activating group) is 1. The highest BCUT2D eigenvalue weighted by Gasteiger charge is 2.24. The van der Waals surface area contributed by atoms with E-state index in [9.17, 15) is 20.0 Å². The van der Waals surface area contributed by atoms with Crippen LogP contribution >= 0.6 is 15.9 Å². The number of aliphatic hydroxyl groups excluding tert-OH is 1. The lowest BCUT2D eigenvalue weighted by Crippen LogP contribution is -2.24. The van der Waals surface area contributed by atoms with Gasteiger partial charge < -0.3 is 10.0 Å². The highest BCUT2D eigenvalue weighted by atomic mass is 79.9. The molecule has 0 heterocycles. The first-order valence-electron chi connectivity index (χ1n) is 5.29. The number of hydrogen-bond acceptors (Lipinski definition) is 5. The zero-order chi connectivity index (χ0) is 15.4. The molecule has 0 saturated carbocycles. The molecule has 0 fully saturated rings. The van der Waals surface area contributed by atoms with E-state index < -0.39 is 27.9 Å². The fraction of sp³-hybridized carbons (Fsp3) is 0.167.